The molecule has 0 aliphatic heterocycles. The Balaban J connectivity index is 1.91. The monoisotopic (exact) mass is 281 g/mol. The third kappa shape index (κ3) is 2.81. The van der Waals surface area contributed by atoms with Crippen LogP contribution in [0.5, 0.6) is 0 Å². The summed E-state index contributed by atoms with van der Waals surface area (Å²) < 4.78 is 15.6. The normalized spacial score (nSPS) is 10.3. The topological polar surface area (TPSA) is 46.9 Å². The van der Waals surface area contributed by atoms with Crippen molar-refractivity contribution in [3.8, 4) is 5.69 Å². The lowest BCUT2D eigenvalue weighted by atomic mass is 10.1. The number of anilines is 1. The third-order valence-corrected chi connectivity index (χ3v) is 3.03. The average molecular weight is 281 g/mol. The molecule has 0 atom stereocenters. The Hall–Kier alpha value is -2.95. The summed E-state index contributed by atoms with van der Waals surface area (Å²) in [5.74, 6) is -1.05. The lowest BCUT2D eigenvalue weighted by molar-refractivity contribution is 0.102. The van der Waals surface area contributed by atoms with Gasteiger partial charge >= 0.3 is 0 Å². The second kappa shape index (κ2) is 5.58. The Morgan fingerprint density at radius 2 is 1.95 bits per heavy atom. The number of para-hydroxylation sites is 1. The van der Waals surface area contributed by atoms with E-state index in [1.165, 1.54) is 12.1 Å². The lowest BCUT2D eigenvalue weighted by Crippen LogP contribution is -2.14. The number of hydrogen-bond acceptors (Lipinski definition) is 2. The van der Waals surface area contributed by atoms with Gasteiger partial charge in [0.1, 0.15) is 5.82 Å². The van der Waals surface area contributed by atoms with Gasteiger partial charge in [0.15, 0.2) is 0 Å². The zero-order valence-electron chi connectivity index (χ0n) is 11.0. The SMILES string of the molecule is O=C(Nc1ccccc1)c1cc(-n2ccnc2)ccc1F. The highest BCUT2D eigenvalue weighted by Crippen LogP contribution is 2.16. The number of amides is 1. The second-order valence-electron chi connectivity index (χ2n) is 4.45. The molecule has 0 fully saturated rings. The number of carbonyl (C=O) groups is 1. The van der Waals surface area contributed by atoms with Gasteiger partial charge in [-0.3, -0.25) is 4.79 Å². The summed E-state index contributed by atoms with van der Waals surface area (Å²) in [7, 11) is 0. The Morgan fingerprint density at radius 3 is 2.67 bits per heavy atom. The minimum absolute atomic E-state index is 0.00921. The zero-order chi connectivity index (χ0) is 14.7. The van der Waals surface area contributed by atoms with Crippen molar-refractivity contribution in [3.63, 3.8) is 0 Å². The van der Waals surface area contributed by atoms with E-state index in [-0.39, 0.29) is 5.56 Å². The van der Waals surface area contributed by atoms with Crippen molar-refractivity contribution in [2.24, 2.45) is 0 Å². The van der Waals surface area contributed by atoms with Gasteiger partial charge in [-0.2, -0.15) is 0 Å². The van der Waals surface area contributed by atoms with Crippen LogP contribution in [-0.4, -0.2) is 15.5 Å². The van der Waals surface area contributed by atoms with Crippen molar-refractivity contribution in [1.82, 2.24) is 9.55 Å². The van der Waals surface area contributed by atoms with Crippen LogP contribution in [0, 0.1) is 5.82 Å². The summed E-state index contributed by atoms with van der Waals surface area (Å²) >= 11 is 0. The van der Waals surface area contributed by atoms with E-state index >= 15 is 0 Å². The van der Waals surface area contributed by atoms with Crippen LogP contribution in [-0.2, 0) is 0 Å². The molecule has 0 saturated heterocycles. The van der Waals surface area contributed by atoms with Crippen molar-refractivity contribution in [2.75, 3.05) is 5.32 Å². The Kier molecular flexibility index (Phi) is 3.47. The molecule has 1 heterocycles. The van der Waals surface area contributed by atoms with E-state index < -0.39 is 11.7 Å². The van der Waals surface area contributed by atoms with E-state index in [1.807, 2.05) is 6.07 Å². The molecule has 5 heteroatoms. The van der Waals surface area contributed by atoms with Crippen LogP contribution in [0.4, 0.5) is 10.1 Å². The van der Waals surface area contributed by atoms with Gasteiger partial charge in [-0.1, -0.05) is 18.2 Å². The van der Waals surface area contributed by atoms with Crippen LogP contribution < -0.4 is 5.32 Å². The average Bonchev–Trinajstić information content (AvgIpc) is 3.03. The van der Waals surface area contributed by atoms with Crippen LogP contribution in [0.2, 0.25) is 0 Å². The van der Waals surface area contributed by atoms with Gasteiger partial charge in [0.25, 0.3) is 5.91 Å². The summed E-state index contributed by atoms with van der Waals surface area (Å²) in [6.45, 7) is 0. The van der Waals surface area contributed by atoms with E-state index in [0.717, 1.165) is 0 Å². The van der Waals surface area contributed by atoms with Gasteiger partial charge in [-0.25, -0.2) is 9.37 Å². The maximum Gasteiger partial charge on any atom is 0.258 e. The maximum atomic E-state index is 13.9. The van der Waals surface area contributed by atoms with E-state index in [9.17, 15) is 9.18 Å². The molecule has 21 heavy (non-hydrogen) atoms. The third-order valence-electron chi connectivity index (χ3n) is 3.03. The van der Waals surface area contributed by atoms with Crippen LogP contribution >= 0.6 is 0 Å². The van der Waals surface area contributed by atoms with E-state index in [0.29, 0.717) is 11.4 Å². The number of aromatic nitrogens is 2. The molecule has 0 aliphatic carbocycles. The molecule has 0 unspecified atom stereocenters. The maximum absolute atomic E-state index is 13.9. The molecule has 0 bridgehead atoms. The Labute approximate surface area is 120 Å². The number of imidazole rings is 1. The number of carbonyl (C=O) groups excluding carboxylic acids is 1. The molecule has 104 valence electrons. The molecule has 0 spiro atoms. The number of nitrogens with one attached hydrogen (secondary N) is 1. The molecule has 0 aliphatic rings. The molecule has 2 aromatic carbocycles. The second-order valence-corrected chi connectivity index (χ2v) is 4.45. The number of rotatable bonds is 3. The fourth-order valence-corrected chi connectivity index (χ4v) is 1.98. The summed E-state index contributed by atoms with van der Waals surface area (Å²) in [4.78, 5) is 16.1. The van der Waals surface area contributed by atoms with E-state index in [2.05, 4.69) is 10.3 Å². The first kappa shape index (κ1) is 13.1. The van der Waals surface area contributed by atoms with Crippen molar-refractivity contribution in [3.05, 3.63) is 78.6 Å². The quantitative estimate of drug-likeness (QED) is 0.801. The predicted octanol–water partition coefficient (Wildman–Crippen LogP) is 3.26. The summed E-state index contributed by atoms with van der Waals surface area (Å²) in [6.07, 6.45) is 4.94. The molecule has 3 rings (SSSR count). The van der Waals surface area contributed by atoms with Gasteiger partial charge in [0, 0.05) is 23.8 Å². The van der Waals surface area contributed by atoms with Gasteiger partial charge in [-0.15, -0.1) is 0 Å². The molecule has 0 radical (unpaired) electrons. The van der Waals surface area contributed by atoms with E-state index in [1.54, 1.807) is 53.6 Å². The van der Waals surface area contributed by atoms with Crippen molar-refractivity contribution in [1.29, 1.82) is 0 Å². The van der Waals surface area contributed by atoms with Crippen LogP contribution in [0.25, 0.3) is 5.69 Å². The van der Waals surface area contributed by atoms with Gasteiger partial charge < -0.3 is 9.88 Å². The van der Waals surface area contributed by atoms with E-state index in [4.69, 9.17) is 0 Å². The molecule has 1 aromatic heterocycles. The van der Waals surface area contributed by atoms with Gasteiger partial charge in [0.2, 0.25) is 0 Å². The number of halogens is 1. The molecule has 1 amide bonds. The summed E-state index contributed by atoms with van der Waals surface area (Å²) in [5.41, 5.74) is 1.28. The standard InChI is InChI=1S/C16H12FN3O/c17-15-7-6-13(20-9-8-18-11-20)10-14(15)16(21)19-12-4-2-1-3-5-12/h1-11H,(H,19,21). The number of hydrogen-bond donors (Lipinski definition) is 1. The first-order chi connectivity index (χ1) is 10.2. The molecule has 1 N–H and O–H groups in total. The fourth-order valence-electron chi connectivity index (χ4n) is 1.98. The first-order valence-electron chi connectivity index (χ1n) is 6.38. The van der Waals surface area contributed by atoms with Crippen molar-refractivity contribution < 1.29 is 9.18 Å². The highest BCUT2D eigenvalue weighted by molar-refractivity contribution is 6.04. The fraction of sp³-hybridized carbons (Fsp3) is 0. The Bertz CT molecular complexity index is 754. The summed E-state index contributed by atoms with van der Waals surface area (Å²) in [5, 5.41) is 2.67. The molecule has 0 saturated carbocycles. The Morgan fingerprint density at radius 1 is 1.14 bits per heavy atom. The minimum atomic E-state index is -0.563. The summed E-state index contributed by atoms with van der Waals surface area (Å²) in [6, 6.07) is 13.3. The number of benzene rings is 2. The predicted molar refractivity (Wildman–Crippen MR) is 77.9 cm³/mol. The van der Waals surface area contributed by atoms with Gasteiger partial charge in [-0.05, 0) is 30.3 Å². The molecular formula is C16H12FN3O. The smallest absolute Gasteiger partial charge is 0.258 e. The van der Waals surface area contributed by atoms with Gasteiger partial charge in [0.05, 0.1) is 11.9 Å². The largest absolute Gasteiger partial charge is 0.322 e. The zero-order valence-corrected chi connectivity index (χ0v) is 11.0. The van der Waals surface area contributed by atoms with Crippen LogP contribution in [0.1, 0.15) is 10.4 Å². The van der Waals surface area contributed by atoms with Crippen LogP contribution in [0.3, 0.4) is 0 Å². The van der Waals surface area contributed by atoms with Crippen molar-refractivity contribution >= 4 is 11.6 Å². The lowest BCUT2D eigenvalue weighted by Gasteiger charge is -2.08. The van der Waals surface area contributed by atoms with Crippen LogP contribution in [0.15, 0.2) is 67.3 Å². The molecule has 3 aromatic rings. The molecule has 4 nitrogen and oxygen atoms in total. The van der Waals surface area contributed by atoms with Crippen molar-refractivity contribution in [2.45, 2.75) is 0 Å². The number of nitrogens with zero attached hydrogens (tertiary/aromatic N) is 2. The highest BCUT2D eigenvalue weighted by Gasteiger charge is 2.13. The minimum Gasteiger partial charge on any atom is -0.322 e. The first-order valence-corrected chi connectivity index (χ1v) is 6.38. The highest BCUT2D eigenvalue weighted by atomic mass is 19.1. The molecular weight excluding hydrogens is 269 g/mol.